The van der Waals surface area contributed by atoms with Gasteiger partial charge in [-0.1, -0.05) is 0 Å². The highest BCUT2D eigenvalue weighted by molar-refractivity contribution is 7.07. The largest absolute Gasteiger partial charge is 0.379 e. The quantitative estimate of drug-likeness (QED) is 0.871. The van der Waals surface area contributed by atoms with Crippen LogP contribution in [0.1, 0.15) is 25.5 Å². The second-order valence-corrected chi connectivity index (χ2v) is 5.54. The Morgan fingerprint density at radius 1 is 1.41 bits per heavy atom. The molecule has 0 bridgehead atoms. The van der Waals surface area contributed by atoms with Crippen molar-refractivity contribution in [2.45, 2.75) is 25.9 Å². The Kier molecular flexibility index (Phi) is 4.98. The summed E-state index contributed by atoms with van der Waals surface area (Å²) in [5.74, 6) is 0. The number of thiophene rings is 1. The highest BCUT2D eigenvalue weighted by Gasteiger charge is 2.15. The first-order valence-electron chi connectivity index (χ1n) is 6.34. The van der Waals surface area contributed by atoms with Gasteiger partial charge < -0.3 is 10.1 Å². The third kappa shape index (κ3) is 4.07. The van der Waals surface area contributed by atoms with E-state index >= 15 is 0 Å². The fourth-order valence-corrected chi connectivity index (χ4v) is 3.02. The smallest absolute Gasteiger partial charge is 0.0594 e. The second-order valence-electron chi connectivity index (χ2n) is 4.76. The van der Waals surface area contributed by atoms with Crippen LogP contribution in [0.3, 0.4) is 0 Å². The average molecular weight is 254 g/mol. The third-order valence-corrected chi connectivity index (χ3v) is 3.91. The fourth-order valence-electron chi connectivity index (χ4n) is 2.27. The lowest BCUT2D eigenvalue weighted by atomic mass is 10.1. The van der Waals surface area contributed by atoms with Crippen LogP contribution in [0, 0.1) is 0 Å². The summed E-state index contributed by atoms with van der Waals surface area (Å²) in [7, 11) is 0. The molecule has 2 unspecified atom stereocenters. The maximum Gasteiger partial charge on any atom is 0.0594 e. The van der Waals surface area contributed by atoms with Gasteiger partial charge in [0.1, 0.15) is 0 Å². The van der Waals surface area contributed by atoms with Crippen LogP contribution in [-0.2, 0) is 4.74 Å². The standard InChI is InChI=1S/C13H22N2OS/c1-11(9-15-4-6-16-7-5-15)14-12(2)13-3-8-17-10-13/h3,8,10-12,14H,4-7,9H2,1-2H3. The molecular weight excluding hydrogens is 232 g/mol. The molecular formula is C13H22N2OS. The first-order chi connectivity index (χ1) is 8.25. The highest BCUT2D eigenvalue weighted by atomic mass is 32.1. The summed E-state index contributed by atoms with van der Waals surface area (Å²) in [4.78, 5) is 2.47. The summed E-state index contributed by atoms with van der Waals surface area (Å²) in [6, 6.07) is 3.16. The van der Waals surface area contributed by atoms with Gasteiger partial charge in [-0.15, -0.1) is 0 Å². The molecule has 1 aliphatic rings. The van der Waals surface area contributed by atoms with E-state index in [2.05, 4.69) is 40.9 Å². The number of rotatable bonds is 5. The highest BCUT2D eigenvalue weighted by Crippen LogP contribution is 2.16. The molecule has 96 valence electrons. The molecule has 1 aromatic heterocycles. The molecule has 0 aliphatic carbocycles. The maximum atomic E-state index is 5.36. The molecule has 1 saturated heterocycles. The van der Waals surface area contributed by atoms with E-state index < -0.39 is 0 Å². The number of hydrogen-bond acceptors (Lipinski definition) is 4. The van der Waals surface area contributed by atoms with Gasteiger partial charge in [0.2, 0.25) is 0 Å². The number of hydrogen-bond donors (Lipinski definition) is 1. The lowest BCUT2D eigenvalue weighted by Gasteiger charge is -2.30. The predicted molar refractivity (Wildman–Crippen MR) is 72.6 cm³/mol. The van der Waals surface area contributed by atoms with Crippen LogP contribution in [0.2, 0.25) is 0 Å². The van der Waals surface area contributed by atoms with Crippen molar-refractivity contribution in [3.63, 3.8) is 0 Å². The minimum absolute atomic E-state index is 0.442. The number of nitrogens with zero attached hydrogens (tertiary/aromatic N) is 1. The van der Waals surface area contributed by atoms with Crippen molar-refractivity contribution < 1.29 is 4.74 Å². The first kappa shape index (κ1) is 13.0. The molecule has 3 nitrogen and oxygen atoms in total. The van der Waals surface area contributed by atoms with Crippen LogP contribution < -0.4 is 5.32 Å². The van der Waals surface area contributed by atoms with Gasteiger partial charge in [-0.3, -0.25) is 4.90 Å². The van der Waals surface area contributed by atoms with Gasteiger partial charge in [-0.05, 0) is 36.2 Å². The minimum atomic E-state index is 0.442. The van der Waals surface area contributed by atoms with Crippen molar-refractivity contribution in [2.24, 2.45) is 0 Å². The molecule has 0 amide bonds. The number of nitrogens with one attached hydrogen (secondary N) is 1. The van der Waals surface area contributed by atoms with Crippen molar-refractivity contribution >= 4 is 11.3 Å². The SMILES string of the molecule is CC(CN1CCOCC1)NC(C)c1ccsc1. The van der Waals surface area contributed by atoms with Crippen LogP contribution in [0.5, 0.6) is 0 Å². The molecule has 0 radical (unpaired) electrons. The zero-order valence-corrected chi connectivity index (χ0v) is 11.5. The third-order valence-electron chi connectivity index (χ3n) is 3.21. The van der Waals surface area contributed by atoms with Crippen molar-refractivity contribution in [1.82, 2.24) is 10.2 Å². The zero-order chi connectivity index (χ0) is 12.1. The molecule has 1 aromatic rings. The second kappa shape index (κ2) is 6.50. The van der Waals surface area contributed by atoms with E-state index in [1.807, 2.05) is 0 Å². The molecule has 0 aromatic carbocycles. The van der Waals surface area contributed by atoms with Crippen LogP contribution in [-0.4, -0.2) is 43.8 Å². The van der Waals surface area contributed by atoms with Crippen LogP contribution in [0.4, 0.5) is 0 Å². The van der Waals surface area contributed by atoms with Gasteiger partial charge in [-0.25, -0.2) is 0 Å². The predicted octanol–water partition coefficient (Wildman–Crippen LogP) is 2.12. The summed E-state index contributed by atoms with van der Waals surface area (Å²) in [6.07, 6.45) is 0. The van der Waals surface area contributed by atoms with Gasteiger partial charge >= 0.3 is 0 Å². The minimum Gasteiger partial charge on any atom is -0.379 e. The molecule has 1 aliphatic heterocycles. The van der Waals surface area contributed by atoms with Crippen molar-refractivity contribution in [3.05, 3.63) is 22.4 Å². The van der Waals surface area contributed by atoms with Gasteiger partial charge in [0.05, 0.1) is 13.2 Å². The Balaban J connectivity index is 1.74. The fraction of sp³-hybridized carbons (Fsp3) is 0.692. The van der Waals surface area contributed by atoms with E-state index in [0.717, 1.165) is 32.8 Å². The monoisotopic (exact) mass is 254 g/mol. The van der Waals surface area contributed by atoms with Gasteiger partial charge in [0.25, 0.3) is 0 Å². The van der Waals surface area contributed by atoms with E-state index in [4.69, 9.17) is 4.74 Å². The number of morpholine rings is 1. The Morgan fingerprint density at radius 3 is 2.82 bits per heavy atom. The summed E-state index contributed by atoms with van der Waals surface area (Å²) in [5.41, 5.74) is 1.39. The average Bonchev–Trinajstić information content (AvgIpc) is 2.83. The van der Waals surface area contributed by atoms with Crippen molar-refractivity contribution in [2.75, 3.05) is 32.8 Å². The van der Waals surface area contributed by atoms with Gasteiger partial charge in [0, 0.05) is 31.7 Å². The van der Waals surface area contributed by atoms with E-state index in [-0.39, 0.29) is 0 Å². The lowest BCUT2D eigenvalue weighted by molar-refractivity contribution is 0.0339. The maximum absolute atomic E-state index is 5.36. The van der Waals surface area contributed by atoms with Gasteiger partial charge in [0.15, 0.2) is 0 Å². The molecule has 0 saturated carbocycles. The molecule has 17 heavy (non-hydrogen) atoms. The van der Waals surface area contributed by atoms with Crippen LogP contribution in [0.15, 0.2) is 16.8 Å². The Labute approximate surface area is 108 Å². The molecule has 2 rings (SSSR count). The summed E-state index contributed by atoms with van der Waals surface area (Å²) >= 11 is 1.76. The topological polar surface area (TPSA) is 24.5 Å². The van der Waals surface area contributed by atoms with E-state index in [9.17, 15) is 0 Å². The molecule has 2 atom stereocenters. The molecule has 4 heteroatoms. The summed E-state index contributed by atoms with van der Waals surface area (Å²) in [6.45, 7) is 9.51. The van der Waals surface area contributed by atoms with Gasteiger partial charge in [-0.2, -0.15) is 11.3 Å². The molecule has 1 N–H and O–H groups in total. The van der Waals surface area contributed by atoms with Crippen LogP contribution >= 0.6 is 11.3 Å². The summed E-state index contributed by atoms with van der Waals surface area (Å²) in [5, 5.41) is 8.01. The summed E-state index contributed by atoms with van der Waals surface area (Å²) < 4.78 is 5.36. The van der Waals surface area contributed by atoms with E-state index in [1.54, 1.807) is 11.3 Å². The lowest BCUT2D eigenvalue weighted by Crippen LogP contribution is -2.44. The normalized spacial score (nSPS) is 21.3. The van der Waals surface area contributed by atoms with E-state index in [0.29, 0.717) is 12.1 Å². The molecule has 0 spiro atoms. The van der Waals surface area contributed by atoms with Crippen molar-refractivity contribution in [3.8, 4) is 0 Å². The Morgan fingerprint density at radius 2 is 2.18 bits per heavy atom. The van der Waals surface area contributed by atoms with Crippen LogP contribution in [0.25, 0.3) is 0 Å². The first-order valence-corrected chi connectivity index (χ1v) is 7.28. The zero-order valence-electron chi connectivity index (χ0n) is 10.7. The van der Waals surface area contributed by atoms with E-state index in [1.165, 1.54) is 5.56 Å². The van der Waals surface area contributed by atoms with Crippen molar-refractivity contribution in [1.29, 1.82) is 0 Å². The molecule has 2 heterocycles. The Bertz CT molecular complexity index is 309. The Hall–Kier alpha value is -0.420. The molecule has 1 fully saturated rings. The number of ether oxygens (including phenoxy) is 1.